The van der Waals surface area contributed by atoms with Crippen molar-refractivity contribution in [3.8, 4) is 11.8 Å². The lowest BCUT2D eigenvalue weighted by Gasteiger charge is -2.10. The standard InChI is InChI=1S/C14H17NO3/c1-10-7-12(9-15)8-11(2)14(10)18-13(16)5-4-6-17-3/h7-8H,4-6H2,1-3H3. The third-order valence-corrected chi connectivity index (χ3v) is 2.53. The number of rotatable bonds is 5. The molecule has 0 N–H and O–H groups in total. The van der Waals surface area contributed by atoms with Crippen molar-refractivity contribution in [1.82, 2.24) is 0 Å². The van der Waals surface area contributed by atoms with Gasteiger partial charge in [0.1, 0.15) is 5.75 Å². The first-order valence-electron chi connectivity index (χ1n) is 5.79. The van der Waals surface area contributed by atoms with E-state index >= 15 is 0 Å². The SMILES string of the molecule is COCCCC(=O)Oc1c(C)cc(C#N)cc1C. The van der Waals surface area contributed by atoms with Gasteiger partial charge in [0.25, 0.3) is 0 Å². The fraction of sp³-hybridized carbons (Fsp3) is 0.429. The van der Waals surface area contributed by atoms with Crippen LogP contribution in [0.1, 0.15) is 29.5 Å². The summed E-state index contributed by atoms with van der Waals surface area (Å²) in [4.78, 5) is 11.6. The van der Waals surface area contributed by atoms with E-state index in [0.29, 0.717) is 30.8 Å². The van der Waals surface area contributed by atoms with Crippen molar-refractivity contribution < 1.29 is 14.3 Å². The van der Waals surface area contributed by atoms with Crippen molar-refractivity contribution in [2.75, 3.05) is 13.7 Å². The van der Waals surface area contributed by atoms with E-state index in [1.165, 1.54) is 0 Å². The number of hydrogen-bond acceptors (Lipinski definition) is 4. The normalized spacial score (nSPS) is 9.89. The molecule has 0 saturated heterocycles. The summed E-state index contributed by atoms with van der Waals surface area (Å²) in [5.41, 5.74) is 2.17. The number of esters is 1. The van der Waals surface area contributed by atoms with Crippen LogP contribution in [-0.4, -0.2) is 19.7 Å². The van der Waals surface area contributed by atoms with Gasteiger partial charge in [0.2, 0.25) is 0 Å². The van der Waals surface area contributed by atoms with Crippen LogP contribution in [0, 0.1) is 25.2 Å². The molecule has 4 heteroatoms. The smallest absolute Gasteiger partial charge is 0.311 e. The first kappa shape index (κ1) is 14.2. The molecule has 96 valence electrons. The van der Waals surface area contributed by atoms with Crippen LogP contribution in [0.3, 0.4) is 0 Å². The second kappa shape index (κ2) is 6.77. The minimum atomic E-state index is -0.275. The highest BCUT2D eigenvalue weighted by atomic mass is 16.5. The molecule has 0 heterocycles. The van der Waals surface area contributed by atoms with E-state index in [1.807, 2.05) is 13.8 Å². The molecule has 0 unspecified atom stereocenters. The molecule has 0 aliphatic carbocycles. The van der Waals surface area contributed by atoms with Gasteiger partial charge in [-0.2, -0.15) is 5.26 Å². The molecule has 0 radical (unpaired) electrons. The zero-order valence-corrected chi connectivity index (χ0v) is 10.9. The van der Waals surface area contributed by atoms with Crippen molar-refractivity contribution >= 4 is 5.97 Å². The van der Waals surface area contributed by atoms with Crippen LogP contribution in [-0.2, 0) is 9.53 Å². The molecular weight excluding hydrogens is 230 g/mol. The Kier molecular flexibility index (Phi) is 5.34. The largest absolute Gasteiger partial charge is 0.426 e. The van der Waals surface area contributed by atoms with Crippen LogP contribution < -0.4 is 4.74 Å². The summed E-state index contributed by atoms with van der Waals surface area (Å²) < 4.78 is 10.2. The third kappa shape index (κ3) is 3.86. The first-order valence-corrected chi connectivity index (χ1v) is 5.79. The lowest BCUT2D eigenvalue weighted by atomic mass is 10.1. The molecule has 0 aromatic heterocycles. The molecule has 0 aliphatic heterocycles. The predicted octanol–water partition coefficient (Wildman–Crippen LogP) is 2.51. The number of methoxy groups -OCH3 is 1. The lowest BCUT2D eigenvalue weighted by Crippen LogP contribution is -2.10. The van der Waals surface area contributed by atoms with Gasteiger partial charge < -0.3 is 9.47 Å². The number of aryl methyl sites for hydroxylation is 2. The molecule has 18 heavy (non-hydrogen) atoms. The van der Waals surface area contributed by atoms with Crippen molar-refractivity contribution in [3.05, 3.63) is 28.8 Å². The number of ether oxygens (including phenoxy) is 2. The number of nitriles is 1. The highest BCUT2D eigenvalue weighted by Crippen LogP contribution is 2.25. The Hall–Kier alpha value is -1.86. The van der Waals surface area contributed by atoms with Gasteiger partial charge in [0, 0.05) is 20.1 Å². The molecule has 1 aromatic rings. The monoisotopic (exact) mass is 247 g/mol. The molecule has 0 bridgehead atoms. The fourth-order valence-electron chi connectivity index (χ4n) is 1.70. The number of hydrogen-bond donors (Lipinski definition) is 0. The Labute approximate surface area is 107 Å². The Balaban J connectivity index is 2.73. The van der Waals surface area contributed by atoms with Crippen LogP contribution in [0.25, 0.3) is 0 Å². The summed E-state index contributed by atoms with van der Waals surface area (Å²) in [6.45, 7) is 4.19. The van der Waals surface area contributed by atoms with Crippen molar-refractivity contribution in [2.45, 2.75) is 26.7 Å². The van der Waals surface area contributed by atoms with E-state index in [4.69, 9.17) is 14.7 Å². The van der Waals surface area contributed by atoms with Gasteiger partial charge in [-0.15, -0.1) is 0 Å². The Bertz CT molecular complexity index is 451. The average Bonchev–Trinajstić information content (AvgIpc) is 2.34. The summed E-state index contributed by atoms with van der Waals surface area (Å²) in [5.74, 6) is 0.277. The molecule has 0 amide bonds. The maximum atomic E-state index is 11.6. The van der Waals surface area contributed by atoms with Crippen LogP contribution in [0.15, 0.2) is 12.1 Å². The molecule has 0 fully saturated rings. The zero-order valence-electron chi connectivity index (χ0n) is 10.9. The number of nitrogens with zero attached hydrogens (tertiary/aromatic N) is 1. The van der Waals surface area contributed by atoms with E-state index in [1.54, 1.807) is 19.2 Å². The maximum absolute atomic E-state index is 11.6. The molecule has 0 saturated carbocycles. The second-order valence-corrected chi connectivity index (χ2v) is 4.12. The van der Waals surface area contributed by atoms with Gasteiger partial charge in [0.15, 0.2) is 0 Å². The number of carbonyl (C=O) groups excluding carboxylic acids is 1. The summed E-state index contributed by atoms with van der Waals surface area (Å²) in [7, 11) is 1.60. The fourth-order valence-corrected chi connectivity index (χ4v) is 1.70. The van der Waals surface area contributed by atoms with Crippen LogP contribution >= 0.6 is 0 Å². The highest BCUT2D eigenvalue weighted by Gasteiger charge is 2.11. The first-order chi connectivity index (χ1) is 8.58. The Morgan fingerprint density at radius 1 is 1.33 bits per heavy atom. The molecular formula is C14H17NO3. The van der Waals surface area contributed by atoms with Gasteiger partial charge in [-0.25, -0.2) is 0 Å². The Morgan fingerprint density at radius 3 is 2.44 bits per heavy atom. The summed E-state index contributed by atoms with van der Waals surface area (Å²) >= 11 is 0. The van der Waals surface area contributed by atoms with Gasteiger partial charge in [-0.05, 0) is 43.5 Å². The van der Waals surface area contributed by atoms with Gasteiger partial charge in [0.05, 0.1) is 11.6 Å². The second-order valence-electron chi connectivity index (χ2n) is 4.12. The topological polar surface area (TPSA) is 59.3 Å². The van der Waals surface area contributed by atoms with E-state index in [9.17, 15) is 4.79 Å². The van der Waals surface area contributed by atoms with Crippen molar-refractivity contribution in [1.29, 1.82) is 5.26 Å². The van der Waals surface area contributed by atoms with Crippen molar-refractivity contribution in [2.24, 2.45) is 0 Å². The molecule has 1 aromatic carbocycles. The van der Waals surface area contributed by atoms with E-state index < -0.39 is 0 Å². The highest BCUT2D eigenvalue weighted by molar-refractivity contribution is 5.73. The van der Waals surface area contributed by atoms with Crippen LogP contribution in [0.2, 0.25) is 0 Å². The van der Waals surface area contributed by atoms with Gasteiger partial charge in [-0.3, -0.25) is 4.79 Å². The number of carbonyl (C=O) groups is 1. The summed E-state index contributed by atoms with van der Waals surface area (Å²) in [5, 5.41) is 8.83. The predicted molar refractivity (Wildman–Crippen MR) is 67.4 cm³/mol. The van der Waals surface area contributed by atoms with Gasteiger partial charge >= 0.3 is 5.97 Å². The third-order valence-electron chi connectivity index (χ3n) is 2.53. The van der Waals surface area contributed by atoms with Crippen LogP contribution in [0.4, 0.5) is 0 Å². The Morgan fingerprint density at radius 2 is 1.94 bits per heavy atom. The summed E-state index contributed by atoms with van der Waals surface area (Å²) in [6, 6.07) is 5.50. The molecule has 4 nitrogen and oxygen atoms in total. The molecule has 1 rings (SSSR count). The number of benzene rings is 1. The minimum absolute atomic E-state index is 0.275. The minimum Gasteiger partial charge on any atom is -0.426 e. The molecule has 0 spiro atoms. The van der Waals surface area contributed by atoms with E-state index in [0.717, 1.165) is 11.1 Å². The average molecular weight is 247 g/mol. The van der Waals surface area contributed by atoms with Crippen molar-refractivity contribution in [3.63, 3.8) is 0 Å². The maximum Gasteiger partial charge on any atom is 0.311 e. The zero-order chi connectivity index (χ0) is 13.5. The lowest BCUT2D eigenvalue weighted by molar-refractivity contribution is -0.134. The van der Waals surface area contributed by atoms with E-state index in [2.05, 4.69) is 6.07 Å². The van der Waals surface area contributed by atoms with Crippen LogP contribution in [0.5, 0.6) is 5.75 Å². The summed E-state index contributed by atoms with van der Waals surface area (Å²) in [6.07, 6.45) is 0.969. The quantitative estimate of drug-likeness (QED) is 0.455. The molecule has 0 atom stereocenters. The van der Waals surface area contributed by atoms with Gasteiger partial charge in [-0.1, -0.05) is 0 Å². The van der Waals surface area contributed by atoms with E-state index in [-0.39, 0.29) is 5.97 Å². The molecule has 0 aliphatic rings.